The Kier molecular flexibility index (Phi) is 5.24. The van der Waals surface area contributed by atoms with E-state index in [4.69, 9.17) is 23.2 Å². The van der Waals surface area contributed by atoms with Crippen molar-refractivity contribution in [2.24, 2.45) is 0 Å². The maximum atomic E-state index is 12.7. The summed E-state index contributed by atoms with van der Waals surface area (Å²) in [7, 11) is 2.09. The molecule has 110 valence electrons. The van der Waals surface area contributed by atoms with Crippen molar-refractivity contribution in [3.05, 3.63) is 28.0 Å². The van der Waals surface area contributed by atoms with Gasteiger partial charge in [0.25, 0.3) is 5.91 Å². The van der Waals surface area contributed by atoms with Crippen LogP contribution in [0.2, 0.25) is 10.3 Å². The number of hydrogen-bond donors (Lipinski definition) is 0. The molecule has 1 aromatic rings. The fourth-order valence-electron chi connectivity index (χ4n) is 2.61. The lowest BCUT2D eigenvalue weighted by Gasteiger charge is -2.30. The van der Waals surface area contributed by atoms with Crippen molar-refractivity contribution in [2.75, 3.05) is 26.7 Å². The van der Waals surface area contributed by atoms with Crippen molar-refractivity contribution in [3.63, 3.8) is 0 Å². The molecule has 0 spiro atoms. The van der Waals surface area contributed by atoms with Crippen LogP contribution in [0.3, 0.4) is 0 Å². The molecule has 1 amide bonds. The third-order valence-corrected chi connectivity index (χ3v) is 4.03. The number of pyridine rings is 1. The highest BCUT2D eigenvalue weighted by Gasteiger charge is 2.27. The molecule has 1 fully saturated rings. The van der Waals surface area contributed by atoms with E-state index in [9.17, 15) is 4.79 Å². The predicted octanol–water partition coefficient (Wildman–Crippen LogP) is 2.94. The highest BCUT2D eigenvalue weighted by atomic mass is 35.5. The van der Waals surface area contributed by atoms with Crippen molar-refractivity contribution >= 4 is 29.1 Å². The topological polar surface area (TPSA) is 36.4 Å². The van der Waals surface area contributed by atoms with Gasteiger partial charge in [-0.15, -0.1) is 0 Å². The summed E-state index contributed by atoms with van der Waals surface area (Å²) in [6, 6.07) is 3.38. The molecule has 1 atom stereocenters. The summed E-state index contributed by atoms with van der Waals surface area (Å²) in [5.74, 6) is -0.0154. The van der Waals surface area contributed by atoms with Gasteiger partial charge in [-0.2, -0.15) is 0 Å². The van der Waals surface area contributed by atoms with Crippen LogP contribution in [0.4, 0.5) is 0 Å². The van der Waals surface area contributed by atoms with Crippen LogP contribution in [0.25, 0.3) is 0 Å². The van der Waals surface area contributed by atoms with Gasteiger partial charge in [-0.3, -0.25) is 4.79 Å². The van der Waals surface area contributed by atoms with Gasteiger partial charge in [0.2, 0.25) is 0 Å². The van der Waals surface area contributed by atoms with E-state index < -0.39 is 0 Å². The molecule has 0 saturated carbocycles. The second kappa shape index (κ2) is 6.74. The van der Waals surface area contributed by atoms with Crippen molar-refractivity contribution in [3.8, 4) is 0 Å². The fraction of sp³-hybridized carbons (Fsp3) is 0.571. The van der Waals surface area contributed by atoms with Crippen LogP contribution in [0.5, 0.6) is 0 Å². The van der Waals surface area contributed by atoms with E-state index in [0.717, 1.165) is 32.5 Å². The summed E-state index contributed by atoms with van der Waals surface area (Å²) in [5.41, 5.74) is 0.512. The number of rotatable bonds is 2. The molecule has 20 heavy (non-hydrogen) atoms. The van der Waals surface area contributed by atoms with Crippen molar-refractivity contribution in [2.45, 2.75) is 25.8 Å². The molecule has 0 bridgehead atoms. The first kappa shape index (κ1) is 15.5. The monoisotopic (exact) mass is 315 g/mol. The predicted molar refractivity (Wildman–Crippen MR) is 81.5 cm³/mol. The highest BCUT2D eigenvalue weighted by molar-refractivity contribution is 6.33. The summed E-state index contributed by atoms with van der Waals surface area (Å²) < 4.78 is 0. The molecule has 1 unspecified atom stereocenters. The average Bonchev–Trinajstić information content (AvgIpc) is 2.58. The molecule has 1 aliphatic heterocycles. The van der Waals surface area contributed by atoms with Crippen LogP contribution < -0.4 is 0 Å². The Morgan fingerprint density at radius 2 is 2.00 bits per heavy atom. The number of likely N-dealkylation sites (N-methyl/N-ethyl adjacent to an activating group) is 1. The smallest absolute Gasteiger partial charge is 0.254 e. The normalized spacial score (nSPS) is 20.8. The molecule has 1 saturated heterocycles. The molecular formula is C14H19Cl2N3O. The average molecular weight is 316 g/mol. The Labute approximate surface area is 129 Å². The minimum absolute atomic E-state index is 0.0154. The van der Waals surface area contributed by atoms with E-state index >= 15 is 0 Å². The second-order valence-corrected chi connectivity index (χ2v) is 5.95. The number of carbonyl (C=O) groups excluding carboxylic acids is 1. The van der Waals surface area contributed by atoms with Crippen LogP contribution in [-0.2, 0) is 0 Å². The number of hydrogen-bond acceptors (Lipinski definition) is 3. The molecule has 1 aromatic heterocycles. The van der Waals surface area contributed by atoms with Gasteiger partial charge >= 0.3 is 0 Å². The molecule has 2 heterocycles. The van der Waals surface area contributed by atoms with E-state index in [0.29, 0.717) is 5.56 Å². The lowest BCUT2D eigenvalue weighted by molar-refractivity contribution is 0.0675. The van der Waals surface area contributed by atoms with Crippen molar-refractivity contribution < 1.29 is 4.79 Å². The first-order valence-corrected chi connectivity index (χ1v) is 7.59. The van der Waals surface area contributed by atoms with E-state index in [2.05, 4.69) is 23.9 Å². The first-order valence-electron chi connectivity index (χ1n) is 6.84. The summed E-state index contributed by atoms with van der Waals surface area (Å²) in [6.45, 7) is 4.78. The number of halogens is 2. The SMILES string of the molecule is CCC1CN(C)CCCN1C(=O)c1cc(Cl)nc(Cl)c1. The van der Waals surface area contributed by atoms with Gasteiger partial charge < -0.3 is 9.80 Å². The van der Waals surface area contributed by atoms with Gasteiger partial charge in [0.1, 0.15) is 10.3 Å². The van der Waals surface area contributed by atoms with Crippen LogP contribution in [0.15, 0.2) is 12.1 Å². The van der Waals surface area contributed by atoms with Crippen LogP contribution >= 0.6 is 23.2 Å². The second-order valence-electron chi connectivity index (χ2n) is 5.18. The summed E-state index contributed by atoms with van der Waals surface area (Å²) in [5, 5.41) is 0.502. The minimum Gasteiger partial charge on any atom is -0.334 e. The Bertz CT molecular complexity index is 475. The van der Waals surface area contributed by atoms with Gasteiger partial charge in [-0.25, -0.2) is 4.98 Å². The molecule has 0 aliphatic carbocycles. The number of carbonyl (C=O) groups is 1. The molecule has 2 rings (SSSR count). The Morgan fingerprint density at radius 1 is 1.35 bits per heavy atom. The summed E-state index contributed by atoms with van der Waals surface area (Å²) >= 11 is 11.8. The van der Waals surface area contributed by atoms with E-state index in [1.54, 1.807) is 12.1 Å². The van der Waals surface area contributed by atoms with Gasteiger partial charge in [-0.1, -0.05) is 30.1 Å². The first-order chi connectivity index (χ1) is 9.51. The number of nitrogens with zero attached hydrogens (tertiary/aromatic N) is 3. The van der Waals surface area contributed by atoms with Crippen LogP contribution in [0.1, 0.15) is 30.1 Å². The lowest BCUT2D eigenvalue weighted by atomic mass is 10.1. The third-order valence-electron chi connectivity index (χ3n) is 3.64. The van der Waals surface area contributed by atoms with E-state index in [-0.39, 0.29) is 22.3 Å². The molecule has 0 N–H and O–H groups in total. The Balaban J connectivity index is 2.25. The molecule has 4 nitrogen and oxygen atoms in total. The van der Waals surface area contributed by atoms with Crippen LogP contribution in [0, 0.1) is 0 Å². The van der Waals surface area contributed by atoms with Gasteiger partial charge in [-0.05, 0) is 38.6 Å². The molecular weight excluding hydrogens is 297 g/mol. The minimum atomic E-state index is -0.0154. The van der Waals surface area contributed by atoms with E-state index in [1.807, 2.05) is 4.90 Å². The molecule has 0 aromatic carbocycles. The van der Waals surface area contributed by atoms with Crippen molar-refractivity contribution in [1.29, 1.82) is 0 Å². The Hall–Kier alpha value is -0.840. The highest BCUT2D eigenvalue weighted by Crippen LogP contribution is 2.20. The summed E-state index contributed by atoms with van der Waals surface area (Å²) in [6.07, 6.45) is 1.91. The lowest BCUT2D eigenvalue weighted by Crippen LogP contribution is -2.43. The fourth-order valence-corrected chi connectivity index (χ4v) is 3.07. The van der Waals surface area contributed by atoms with Crippen molar-refractivity contribution in [1.82, 2.24) is 14.8 Å². The summed E-state index contributed by atoms with van der Waals surface area (Å²) in [4.78, 5) is 20.8. The largest absolute Gasteiger partial charge is 0.334 e. The Morgan fingerprint density at radius 3 is 2.60 bits per heavy atom. The van der Waals surface area contributed by atoms with Gasteiger partial charge in [0.05, 0.1) is 0 Å². The van der Waals surface area contributed by atoms with Gasteiger partial charge in [0, 0.05) is 24.7 Å². The number of aromatic nitrogens is 1. The van der Waals surface area contributed by atoms with E-state index in [1.165, 1.54) is 0 Å². The standard InChI is InChI=1S/C14H19Cl2N3O/c1-3-11-9-18(2)5-4-6-19(11)14(20)10-7-12(15)17-13(16)8-10/h7-8,11H,3-6,9H2,1-2H3. The maximum Gasteiger partial charge on any atom is 0.254 e. The van der Waals surface area contributed by atoms with Gasteiger partial charge in [0.15, 0.2) is 0 Å². The zero-order valence-corrected chi connectivity index (χ0v) is 13.3. The maximum absolute atomic E-state index is 12.7. The number of amides is 1. The molecule has 1 aliphatic rings. The molecule has 0 radical (unpaired) electrons. The third kappa shape index (κ3) is 3.62. The zero-order chi connectivity index (χ0) is 14.7. The molecule has 6 heteroatoms. The zero-order valence-electron chi connectivity index (χ0n) is 11.8. The van der Waals surface area contributed by atoms with Crippen LogP contribution in [-0.4, -0.2) is 53.4 Å². The quantitative estimate of drug-likeness (QED) is 0.787.